The lowest BCUT2D eigenvalue weighted by Crippen LogP contribution is -2.46. The lowest BCUT2D eigenvalue weighted by Gasteiger charge is -2.24. The molecule has 3 N–H and O–H groups in total. The van der Waals surface area contributed by atoms with Gasteiger partial charge in [-0.05, 0) is 77.0 Å². The van der Waals surface area contributed by atoms with Gasteiger partial charge in [-0.1, -0.05) is 191 Å². The molecule has 6 nitrogen and oxygen atoms in total. The van der Waals surface area contributed by atoms with E-state index in [2.05, 4.69) is 86.8 Å². The topological polar surface area (TPSA) is 95.9 Å². The molecule has 0 aliphatic heterocycles. The van der Waals surface area contributed by atoms with E-state index in [1.54, 1.807) is 0 Å². The van der Waals surface area contributed by atoms with Crippen molar-refractivity contribution in [2.75, 3.05) is 6.61 Å². The lowest BCUT2D eigenvalue weighted by atomic mass is 10.0. The summed E-state index contributed by atoms with van der Waals surface area (Å²) in [5.41, 5.74) is 0. The molecule has 0 bridgehead atoms. The minimum atomic E-state index is -0.802. The number of hydrogen-bond donors (Lipinski definition) is 3. The van der Waals surface area contributed by atoms with Crippen molar-refractivity contribution in [2.45, 2.75) is 238 Å². The third kappa shape index (κ3) is 38.4. The Hall–Kier alpha value is -2.44. The number of hydrogen-bond acceptors (Lipinski definition) is 5. The Balaban J connectivity index is 4.70. The van der Waals surface area contributed by atoms with E-state index in [1.807, 2.05) is 0 Å². The number of amides is 1. The minimum absolute atomic E-state index is 0.0353. The van der Waals surface area contributed by atoms with Crippen molar-refractivity contribution < 1.29 is 24.5 Å². The van der Waals surface area contributed by atoms with E-state index in [0.717, 1.165) is 83.5 Å². The van der Waals surface area contributed by atoms with Crippen molar-refractivity contribution in [3.05, 3.63) is 60.8 Å². The van der Waals surface area contributed by atoms with E-state index in [0.29, 0.717) is 19.3 Å². The second-order valence-corrected chi connectivity index (χ2v) is 15.8. The maximum Gasteiger partial charge on any atom is 0.306 e. The van der Waals surface area contributed by atoms with Gasteiger partial charge in [0, 0.05) is 6.42 Å². The summed E-state index contributed by atoms with van der Waals surface area (Å²) < 4.78 is 5.87. The van der Waals surface area contributed by atoms with Crippen LogP contribution in [0.15, 0.2) is 60.8 Å². The third-order valence-corrected chi connectivity index (χ3v) is 10.3. The first-order valence-corrected chi connectivity index (χ1v) is 23.5. The van der Waals surface area contributed by atoms with Gasteiger partial charge in [0.25, 0.3) is 0 Å². The van der Waals surface area contributed by atoms with Crippen molar-refractivity contribution in [3.63, 3.8) is 0 Å². The second-order valence-electron chi connectivity index (χ2n) is 15.8. The van der Waals surface area contributed by atoms with Crippen LogP contribution in [0.3, 0.4) is 0 Å². The summed E-state index contributed by atoms with van der Waals surface area (Å²) in [6.45, 7) is 6.30. The highest BCUT2D eigenvalue weighted by atomic mass is 16.5. The van der Waals surface area contributed by atoms with E-state index < -0.39 is 18.2 Å². The highest BCUT2D eigenvalue weighted by Gasteiger charge is 2.24. The molecule has 0 aromatic rings. The largest absolute Gasteiger partial charge is 0.462 e. The van der Waals surface area contributed by atoms with E-state index >= 15 is 0 Å². The van der Waals surface area contributed by atoms with Gasteiger partial charge in [-0.2, -0.15) is 0 Å². The molecule has 0 heterocycles. The number of aliphatic hydroxyl groups is 2. The third-order valence-electron chi connectivity index (χ3n) is 10.3. The fourth-order valence-corrected chi connectivity index (χ4v) is 6.76. The fourth-order valence-electron chi connectivity index (χ4n) is 6.76. The first-order chi connectivity index (χ1) is 27.5. The predicted octanol–water partition coefficient (Wildman–Crippen LogP) is 13.7. The number of rotatable bonds is 41. The average molecular weight is 784 g/mol. The molecule has 0 fully saturated rings. The highest BCUT2D eigenvalue weighted by molar-refractivity contribution is 5.77. The number of aliphatic hydroxyl groups excluding tert-OH is 2. The monoisotopic (exact) mass is 784 g/mol. The molecule has 324 valence electrons. The van der Waals surface area contributed by atoms with Gasteiger partial charge in [0.2, 0.25) is 5.91 Å². The predicted molar refractivity (Wildman–Crippen MR) is 241 cm³/mol. The van der Waals surface area contributed by atoms with E-state index in [9.17, 15) is 19.8 Å². The molecule has 0 aliphatic rings. The van der Waals surface area contributed by atoms with E-state index in [1.165, 1.54) is 89.9 Å². The van der Waals surface area contributed by atoms with E-state index in [-0.39, 0.29) is 24.9 Å². The molecular weight excluding hydrogens is 695 g/mol. The fraction of sp³-hybridized carbons (Fsp3) is 0.760. The molecule has 6 heteroatoms. The summed E-state index contributed by atoms with van der Waals surface area (Å²) in [5, 5.41) is 23.6. The molecule has 0 aliphatic carbocycles. The van der Waals surface area contributed by atoms with Crippen molar-refractivity contribution in [3.8, 4) is 0 Å². The van der Waals surface area contributed by atoms with Crippen molar-refractivity contribution in [1.82, 2.24) is 5.32 Å². The molecule has 0 saturated heterocycles. The summed E-state index contributed by atoms with van der Waals surface area (Å²) in [5.74, 6) is -0.543. The van der Waals surface area contributed by atoms with Crippen LogP contribution in [-0.4, -0.2) is 46.9 Å². The normalized spacial score (nSPS) is 13.9. The van der Waals surface area contributed by atoms with Crippen LogP contribution in [0.1, 0.15) is 220 Å². The number of nitrogens with one attached hydrogen (secondary N) is 1. The van der Waals surface area contributed by atoms with Crippen LogP contribution in [0.5, 0.6) is 0 Å². The van der Waals surface area contributed by atoms with Gasteiger partial charge >= 0.3 is 5.97 Å². The van der Waals surface area contributed by atoms with Gasteiger partial charge in [-0.3, -0.25) is 9.59 Å². The summed E-state index contributed by atoms with van der Waals surface area (Å²) in [6.07, 6.45) is 52.8. The van der Waals surface area contributed by atoms with Crippen LogP contribution >= 0.6 is 0 Å². The van der Waals surface area contributed by atoms with Crippen molar-refractivity contribution in [1.29, 1.82) is 0 Å². The van der Waals surface area contributed by atoms with Gasteiger partial charge in [0.05, 0.1) is 25.2 Å². The number of carbonyl (C=O) groups is 2. The van der Waals surface area contributed by atoms with Crippen molar-refractivity contribution >= 4 is 11.9 Å². The molecule has 0 rings (SSSR count). The van der Waals surface area contributed by atoms with Gasteiger partial charge < -0.3 is 20.3 Å². The number of allylic oxidation sites excluding steroid dienone is 10. The Bertz CT molecular complexity index is 1010. The Morgan fingerprint density at radius 1 is 0.536 bits per heavy atom. The molecule has 0 aromatic heterocycles. The summed E-state index contributed by atoms with van der Waals surface area (Å²) in [7, 11) is 0. The molecule has 0 saturated carbocycles. The molecule has 3 atom stereocenters. The van der Waals surface area contributed by atoms with Gasteiger partial charge in [0.1, 0.15) is 6.10 Å². The quantitative estimate of drug-likeness (QED) is 0.0326. The van der Waals surface area contributed by atoms with Gasteiger partial charge in [-0.25, -0.2) is 0 Å². The number of ether oxygens (including phenoxy) is 1. The summed E-state index contributed by atoms with van der Waals surface area (Å²) in [6, 6.07) is -0.720. The SMILES string of the molecule is CC/C=C/C/C=C/C/C=C/C/C=C/CCCC(CC(=O)NC(CO)C(O)CCCCCCCCCCCCCC)OC(=O)CCCCCCC/C=C\CCCC. The maximum atomic E-state index is 13.1. The van der Waals surface area contributed by atoms with Crippen LogP contribution in [-0.2, 0) is 14.3 Å². The second kappa shape index (κ2) is 43.7. The van der Waals surface area contributed by atoms with Crippen molar-refractivity contribution in [2.24, 2.45) is 0 Å². The molecular formula is C50H89NO5. The smallest absolute Gasteiger partial charge is 0.306 e. The van der Waals surface area contributed by atoms with Gasteiger partial charge in [-0.15, -0.1) is 0 Å². The summed E-state index contributed by atoms with van der Waals surface area (Å²) in [4.78, 5) is 26.0. The highest BCUT2D eigenvalue weighted by Crippen LogP contribution is 2.16. The van der Waals surface area contributed by atoms with Crippen LogP contribution < -0.4 is 5.32 Å². The maximum absolute atomic E-state index is 13.1. The molecule has 1 amide bonds. The Labute approximate surface area is 346 Å². The Kier molecular flexibility index (Phi) is 41.8. The standard InChI is InChI=1S/C50H89NO5/c1-4-7-10-13-16-19-22-24-25-27-29-32-35-38-41-46(56-50(55)43-40-37-34-31-26-21-18-15-12-9-6-3)44-49(54)51-47(45-52)48(53)42-39-36-33-30-28-23-20-17-14-11-8-5-2/h7,10,15-16,18-19,24-25,29,32,46-48,52-53H,4-6,8-9,11-14,17,20-23,26-28,30-31,33-45H2,1-3H3,(H,51,54)/b10-7+,18-15-,19-16+,25-24+,32-29+. The lowest BCUT2D eigenvalue weighted by molar-refractivity contribution is -0.151. The number of unbranched alkanes of at least 4 members (excludes halogenated alkanes) is 19. The van der Waals surface area contributed by atoms with Crippen LogP contribution in [0, 0.1) is 0 Å². The Morgan fingerprint density at radius 3 is 1.57 bits per heavy atom. The number of esters is 1. The first kappa shape index (κ1) is 53.6. The molecule has 56 heavy (non-hydrogen) atoms. The van der Waals surface area contributed by atoms with Gasteiger partial charge in [0.15, 0.2) is 0 Å². The Morgan fingerprint density at radius 2 is 1.00 bits per heavy atom. The number of carbonyl (C=O) groups excluding carboxylic acids is 2. The zero-order valence-corrected chi connectivity index (χ0v) is 36.8. The molecule has 0 radical (unpaired) electrons. The van der Waals surface area contributed by atoms with Crippen LogP contribution in [0.2, 0.25) is 0 Å². The van der Waals surface area contributed by atoms with Crippen LogP contribution in [0.25, 0.3) is 0 Å². The van der Waals surface area contributed by atoms with Crippen LogP contribution in [0.4, 0.5) is 0 Å². The zero-order valence-electron chi connectivity index (χ0n) is 36.8. The first-order valence-electron chi connectivity index (χ1n) is 23.5. The average Bonchev–Trinajstić information content (AvgIpc) is 3.19. The molecule has 0 spiro atoms. The molecule has 3 unspecified atom stereocenters. The minimum Gasteiger partial charge on any atom is -0.462 e. The van der Waals surface area contributed by atoms with E-state index in [4.69, 9.17) is 4.74 Å². The molecule has 0 aromatic carbocycles. The summed E-state index contributed by atoms with van der Waals surface area (Å²) >= 11 is 0. The zero-order chi connectivity index (χ0) is 41.0.